The Hall–Kier alpha value is -2.44. The highest BCUT2D eigenvalue weighted by Crippen LogP contribution is 2.13. The van der Waals surface area contributed by atoms with Gasteiger partial charge in [-0.15, -0.1) is 12.4 Å². The number of amides is 2. The van der Waals surface area contributed by atoms with E-state index in [0.717, 1.165) is 24.9 Å². The van der Waals surface area contributed by atoms with Crippen molar-refractivity contribution >= 4 is 29.9 Å². The first-order valence-electron chi connectivity index (χ1n) is 8.29. The summed E-state index contributed by atoms with van der Waals surface area (Å²) in [6.07, 6.45) is 1.87. The van der Waals surface area contributed by atoms with E-state index in [2.05, 4.69) is 16.0 Å². The van der Waals surface area contributed by atoms with Crippen LogP contribution < -0.4 is 16.0 Å². The lowest BCUT2D eigenvalue weighted by atomic mass is 10.1. The highest BCUT2D eigenvalue weighted by atomic mass is 35.5. The van der Waals surface area contributed by atoms with Gasteiger partial charge in [-0.3, -0.25) is 9.59 Å². The first kappa shape index (κ1) is 19.9. The fourth-order valence-corrected chi connectivity index (χ4v) is 2.81. The summed E-state index contributed by atoms with van der Waals surface area (Å²) in [5.74, 6) is -0.841. The minimum Gasteiger partial charge on any atom is -0.351 e. The van der Waals surface area contributed by atoms with Gasteiger partial charge in [0.2, 0.25) is 5.91 Å². The molecule has 2 aromatic rings. The molecule has 1 heterocycles. The standard InChI is InChI=1S/C19H20FN3O2.ClH/c20-15-6-2-5-14(11-15)18(24)23-16-7-1-4-13(10-16)12-22-19(25)17-8-3-9-21-17;/h1-2,4-7,10-11,17,21H,3,8-9,12H2,(H,22,25)(H,23,24);1H. The number of anilines is 1. The molecule has 26 heavy (non-hydrogen) atoms. The van der Waals surface area contributed by atoms with Crippen LogP contribution in [0, 0.1) is 5.82 Å². The van der Waals surface area contributed by atoms with Crippen LogP contribution in [0.25, 0.3) is 0 Å². The minimum absolute atomic E-state index is 0. The van der Waals surface area contributed by atoms with E-state index < -0.39 is 5.82 Å². The molecule has 0 radical (unpaired) electrons. The molecule has 1 aliphatic heterocycles. The highest BCUT2D eigenvalue weighted by molar-refractivity contribution is 6.04. The third-order valence-electron chi connectivity index (χ3n) is 4.12. The minimum atomic E-state index is -0.454. The Morgan fingerprint density at radius 3 is 2.69 bits per heavy atom. The normalized spacial score (nSPS) is 15.8. The lowest BCUT2D eigenvalue weighted by Crippen LogP contribution is -2.39. The predicted molar refractivity (Wildman–Crippen MR) is 101 cm³/mol. The Morgan fingerprint density at radius 2 is 1.96 bits per heavy atom. The molecule has 1 fully saturated rings. The lowest BCUT2D eigenvalue weighted by molar-refractivity contribution is -0.122. The molecule has 2 aromatic carbocycles. The monoisotopic (exact) mass is 377 g/mol. The van der Waals surface area contributed by atoms with E-state index in [1.165, 1.54) is 18.2 Å². The summed E-state index contributed by atoms with van der Waals surface area (Å²) < 4.78 is 13.2. The van der Waals surface area contributed by atoms with Gasteiger partial charge in [0.05, 0.1) is 6.04 Å². The van der Waals surface area contributed by atoms with Crippen LogP contribution in [0.1, 0.15) is 28.8 Å². The van der Waals surface area contributed by atoms with E-state index in [-0.39, 0.29) is 35.8 Å². The molecule has 3 rings (SSSR count). The lowest BCUT2D eigenvalue weighted by Gasteiger charge is -2.12. The molecule has 2 amide bonds. The molecule has 0 saturated carbocycles. The number of benzene rings is 2. The van der Waals surface area contributed by atoms with E-state index in [9.17, 15) is 14.0 Å². The van der Waals surface area contributed by atoms with Gasteiger partial charge in [-0.2, -0.15) is 0 Å². The number of halogens is 2. The van der Waals surface area contributed by atoms with Crippen LogP contribution in [-0.2, 0) is 11.3 Å². The van der Waals surface area contributed by atoms with Crippen LogP contribution in [0.3, 0.4) is 0 Å². The molecular weight excluding hydrogens is 357 g/mol. The summed E-state index contributed by atoms with van der Waals surface area (Å²) in [6, 6.07) is 12.6. The summed E-state index contributed by atoms with van der Waals surface area (Å²) in [6.45, 7) is 1.26. The van der Waals surface area contributed by atoms with Crippen molar-refractivity contribution in [1.82, 2.24) is 10.6 Å². The third kappa shape index (κ3) is 5.28. The molecular formula is C19H21ClFN3O2. The second-order valence-corrected chi connectivity index (χ2v) is 6.03. The topological polar surface area (TPSA) is 70.2 Å². The molecule has 1 saturated heterocycles. The molecule has 138 valence electrons. The number of nitrogens with one attached hydrogen (secondary N) is 3. The molecule has 1 unspecified atom stereocenters. The van der Waals surface area contributed by atoms with Crippen molar-refractivity contribution in [3.63, 3.8) is 0 Å². The van der Waals surface area contributed by atoms with E-state index in [0.29, 0.717) is 12.2 Å². The highest BCUT2D eigenvalue weighted by Gasteiger charge is 2.21. The summed E-state index contributed by atoms with van der Waals surface area (Å²) in [4.78, 5) is 24.2. The first-order valence-corrected chi connectivity index (χ1v) is 8.29. The second kappa shape index (κ2) is 9.31. The van der Waals surface area contributed by atoms with Gasteiger partial charge >= 0.3 is 0 Å². The average molecular weight is 378 g/mol. The molecule has 0 spiro atoms. The molecule has 7 heteroatoms. The molecule has 0 bridgehead atoms. The number of carbonyl (C=O) groups is 2. The van der Waals surface area contributed by atoms with E-state index >= 15 is 0 Å². The Morgan fingerprint density at radius 1 is 1.15 bits per heavy atom. The Balaban J connectivity index is 0.00000243. The summed E-state index contributed by atoms with van der Waals surface area (Å²) in [5, 5.41) is 8.79. The Bertz CT molecular complexity index is 779. The van der Waals surface area contributed by atoms with Crippen LogP contribution in [0.15, 0.2) is 48.5 Å². The molecule has 0 aromatic heterocycles. The number of hydrogen-bond acceptors (Lipinski definition) is 3. The Kier molecular flexibility index (Phi) is 7.12. The zero-order chi connectivity index (χ0) is 17.6. The molecule has 1 aliphatic rings. The van der Waals surface area contributed by atoms with Gasteiger partial charge in [0, 0.05) is 17.8 Å². The van der Waals surface area contributed by atoms with Crippen molar-refractivity contribution in [3.8, 4) is 0 Å². The van der Waals surface area contributed by atoms with Crippen LogP contribution >= 0.6 is 12.4 Å². The van der Waals surface area contributed by atoms with Gasteiger partial charge in [0.1, 0.15) is 5.82 Å². The molecule has 3 N–H and O–H groups in total. The van der Waals surface area contributed by atoms with Crippen molar-refractivity contribution < 1.29 is 14.0 Å². The van der Waals surface area contributed by atoms with Crippen molar-refractivity contribution in [3.05, 3.63) is 65.5 Å². The number of rotatable bonds is 5. The maximum absolute atomic E-state index is 13.2. The van der Waals surface area contributed by atoms with Gasteiger partial charge in [0.15, 0.2) is 0 Å². The first-order chi connectivity index (χ1) is 12.1. The molecule has 5 nitrogen and oxygen atoms in total. The summed E-state index contributed by atoms with van der Waals surface area (Å²) >= 11 is 0. The Labute approximate surface area is 157 Å². The van der Waals surface area contributed by atoms with Crippen molar-refractivity contribution in [1.29, 1.82) is 0 Å². The van der Waals surface area contributed by atoms with Crippen molar-refractivity contribution in [2.75, 3.05) is 11.9 Å². The SMILES string of the molecule is Cl.O=C(Nc1cccc(CNC(=O)C2CCCN2)c1)c1cccc(F)c1. The van der Waals surface area contributed by atoms with Gasteiger partial charge in [-0.25, -0.2) is 4.39 Å². The average Bonchev–Trinajstić information content (AvgIpc) is 3.15. The number of carbonyl (C=O) groups excluding carboxylic acids is 2. The van der Waals surface area contributed by atoms with Gasteiger partial charge in [-0.1, -0.05) is 18.2 Å². The van der Waals surface area contributed by atoms with E-state index in [1.807, 2.05) is 6.07 Å². The quantitative estimate of drug-likeness (QED) is 0.750. The summed E-state index contributed by atoms with van der Waals surface area (Å²) in [7, 11) is 0. The summed E-state index contributed by atoms with van der Waals surface area (Å²) in [5.41, 5.74) is 1.73. The van der Waals surface area contributed by atoms with E-state index in [1.54, 1.807) is 24.3 Å². The molecule has 1 atom stereocenters. The fraction of sp³-hybridized carbons (Fsp3) is 0.263. The van der Waals surface area contributed by atoms with E-state index in [4.69, 9.17) is 0 Å². The largest absolute Gasteiger partial charge is 0.351 e. The van der Waals surface area contributed by atoms with Crippen LogP contribution in [0.4, 0.5) is 10.1 Å². The van der Waals surface area contributed by atoms with Gasteiger partial charge in [-0.05, 0) is 55.3 Å². The zero-order valence-electron chi connectivity index (χ0n) is 14.1. The van der Waals surface area contributed by atoms with Crippen molar-refractivity contribution in [2.45, 2.75) is 25.4 Å². The second-order valence-electron chi connectivity index (χ2n) is 6.03. The van der Waals surface area contributed by atoms with Gasteiger partial charge < -0.3 is 16.0 Å². The maximum atomic E-state index is 13.2. The fourth-order valence-electron chi connectivity index (χ4n) is 2.81. The van der Waals surface area contributed by atoms with Crippen LogP contribution in [-0.4, -0.2) is 24.4 Å². The van der Waals surface area contributed by atoms with Gasteiger partial charge in [0.25, 0.3) is 5.91 Å². The maximum Gasteiger partial charge on any atom is 0.255 e. The molecule has 0 aliphatic carbocycles. The smallest absolute Gasteiger partial charge is 0.255 e. The van der Waals surface area contributed by atoms with Crippen LogP contribution in [0.5, 0.6) is 0 Å². The number of hydrogen-bond donors (Lipinski definition) is 3. The van der Waals surface area contributed by atoms with Crippen molar-refractivity contribution in [2.24, 2.45) is 0 Å². The zero-order valence-corrected chi connectivity index (χ0v) is 14.9. The predicted octanol–water partition coefficient (Wildman–Crippen LogP) is 2.87. The van der Waals surface area contributed by atoms with Crippen LogP contribution in [0.2, 0.25) is 0 Å². The third-order valence-corrected chi connectivity index (χ3v) is 4.12.